The topological polar surface area (TPSA) is 57.6 Å². The number of carbonyl (C=O) groups is 2. The Morgan fingerprint density at radius 3 is 2.50 bits per heavy atom. The van der Waals surface area contributed by atoms with E-state index in [1.807, 2.05) is 12.1 Å². The van der Waals surface area contributed by atoms with Crippen molar-refractivity contribution >= 4 is 29.6 Å². The van der Waals surface area contributed by atoms with Crippen molar-refractivity contribution in [1.82, 2.24) is 4.90 Å². The van der Waals surface area contributed by atoms with E-state index in [2.05, 4.69) is 0 Å². The van der Waals surface area contributed by atoms with Crippen molar-refractivity contribution in [3.8, 4) is 0 Å². The largest absolute Gasteiger partial charge is 0.481 e. The van der Waals surface area contributed by atoms with Crippen LogP contribution < -0.4 is 0 Å². The number of carboxylic acid groups (broad SMARTS) is 1. The van der Waals surface area contributed by atoms with E-state index >= 15 is 0 Å². The summed E-state index contributed by atoms with van der Waals surface area (Å²) in [5, 5.41) is 9.54. The van der Waals surface area contributed by atoms with Crippen molar-refractivity contribution < 1.29 is 14.7 Å². The van der Waals surface area contributed by atoms with Crippen LogP contribution in [0, 0.1) is 11.8 Å². The molecular formula is C15H16ClNO3. The molecule has 0 aromatic heterocycles. The van der Waals surface area contributed by atoms with Crippen LogP contribution in [-0.2, 0) is 9.59 Å². The summed E-state index contributed by atoms with van der Waals surface area (Å²) in [7, 11) is 0. The number of halogens is 1. The average molecular weight is 294 g/mol. The van der Waals surface area contributed by atoms with E-state index in [0.717, 1.165) is 5.56 Å². The van der Waals surface area contributed by atoms with Gasteiger partial charge in [0.05, 0.1) is 5.92 Å². The molecule has 4 nitrogen and oxygen atoms in total. The van der Waals surface area contributed by atoms with Crippen LogP contribution in [0.5, 0.6) is 0 Å². The number of hydrogen-bond acceptors (Lipinski definition) is 2. The third kappa shape index (κ3) is 3.39. The van der Waals surface area contributed by atoms with Crippen LogP contribution in [0.4, 0.5) is 0 Å². The molecule has 1 saturated heterocycles. The summed E-state index contributed by atoms with van der Waals surface area (Å²) < 4.78 is 0. The number of benzene rings is 1. The molecule has 1 aliphatic rings. The molecular weight excluding hydrogens is 278 g/mol. The van der Waals surface area contributed by atoms with Gasteiger partial charge < -0.3 is 10.0 Å². The second-order valence-corrected chi connectivity index (χ2v) is 5.45. The summed E-state index contributed by atoms with van der Waals surface area (Å²) in [6.07, 6.45) is 3.23. The maximum Gasteiger partial charge on any atom is 0.306 e. The number of aliphatic carboxylic acids is 1. The maximum absolute atomic E-state index is 11.9. The molecule has 1 aliphatic heterocycles. The SMILES string of the molecule is CC(C(=O)O)C1CN(C(=O)/C=C/c2ccc(Cl)cc2)C1. The Hall–Kier alpha value is -1.81. The Morgan fingerprint density at radius 1 is 1.35 bits per heavy atom. The molecule has 1 aromatic carbocycles. The second kappa shape index (κ2) is 6.09. The van der Waals surface area contributed by atoms with Gasteiger partial charge >= 0.3 is 5.97 Å². The lowest BCUT2D eigenvalue weighted by atomic mass is 9.87. The van der Waals surface area contributed by atoms with E-state index in [1.165, 1.54) is 6.08 Å². The van der Waals surface area contributed by atoms with Crippen molar-refractivity contribution in [2.75, 3.05) is 13.1 Å². The molecule has 106 valence electrons. The van der Waals surface area contributed by atoms with Crippen LogP contribution >= 0.6 is 11.6 Å². The van der Waals surface area contributed by atoms with Gasteiger partial charge in [0.15, 0.2) is 0 Å². The molecule has 0 saturated carbocycles. The minimum Gasteiger partial charge on any atom is -0.481 e. The van der Waals surface area contributed by atoms with Crippen molar-refractivity contribution in [1.29, 1.82) is 0 Å². The summed E-state index contributed by atoms with van der Waals surface area (Å²) in [5.41, 5.74) is 0.902. The predicted molar refractivity (Wildman–Crippen MR) is 77.4 cm³/mol. The highest BCUT2D eigenvalue weighted by Crippen LogP contribution is 2.24. The smallest absolute Gasteiger partial charge is 0.306 e. The van der Waals surface area contributed by atoms with Gasteiger partial charge in [0.1, 0.15) is 0 Å². The summed E-state index contributed by atoms with van der Waals surface area (Å²) >= 11 is 5.78. The lowest BCUT2D eigenvalue weighted by Crippen LogP contribution is -2.53. The van der Waals surface area contributed by atoms with Gasteiger partial charge in [0.2, 0.25) is 5.91 Å². The van der Waals surface area contributed by atoms with Crippen LogP contribution in [-0.4, -0.2) is 35.0 Å². The van der Waals surface area contributed by atoms with Gasteiger partial charge in [-0.15, -0.1) is 0 Å². The standard InChI is InChI=1S/C15H16ClNO3/c1-10(15(19)20)12-8-17(9-12)14(18)7-4-11-2-5-13(16)6-3-11/h2-7,10,12H,8-9H2,1H3,(H,19,20)/b7-4+. The summed E-state index contributed by atoms with van der Waals surface area (Å²) in [5.74, 6) is -1.24. The van der Waals surface area contributed by atoms with Crippen LogP contribution in [0.15, 0.2) is 30.3 Å². The van der Waals surface area contributed by atoms with Crippen LogP contribution in [0.25, 0.3) is 6.08 Å². The van der Waals surface area contributed by atoms with Gasteiger partial charge in [0, 0.05) is 30.1 Å². The molecule has 1 heterocycles. The fraction of sp³-hybridized carbons (Fsp3) is 0.333. The number of carbonyl (C=O) groups excluding carboxylic acids is 1. The van der Waals surface area contributed by atoms with Crippen LogP contribution in [0.3, 0.4) is 0 Å². The Balaban J connectivity index is 1.85. The number of rotatable bonds is 4. The van der Waals surface area contributed by atoms with E-state index in [4.69, 9.17) is 16.7 Å². The van der Waals surface area contributed by atoms with E-state index < -0.39 is 11.9 Å². The number of carboxylic acids is 1. The third-order valence-electron chi connectivity index (χ3n) is 3.61. The van der Waals surface area contributed by atoms with Crippen molar-refractivity contribution in [3.05, 3.63) is 40.9 Å². The molecule has 1 atom stereocenters. The fourth-order valence-electron chi connectivity index (χ4n) is 2.06. The van der Waals surface area contributed by atoms with Gasteiger partial charge in [-0.25, -0.2) is 0 Å². The van der Waals surface area contributed by atoms with Crippen molar-refractivity contribution in [3.63, 3.8) is 0 Å². The molecule has 0 spiro atoms. The fourth-order valence-corrected chi connectivity index (χ4v) is 2.18. The first-order valence-corrected chi connectivity index (χ1v) is 6.80. The van der Waals surface area contributed by atoms with Crippen LogP contribution in [0.2, 0.25) is 5.02 Å². The molecule has 1 unspecified atom stereocenters. The first-order valence-electron chi connectivity index (χ1n) is 6.42. The Morgan fingerprint density at radius 2 is 1.95 bits per heavy atom. The van der Waals surface area contributed by atoms with E-state index in [-0.39, 0.29) is 11.8 Å². The number of nitrogens with zero attached hydrogens (tertiary/aromatic N) is 1. The minimum atomic E-state index is -0.807. The first kappa shape index (κ1) is 14.6. The molecule has 0 bridgehead atoms. The molecule has 2 rings (SSSR count). The van der Waals surface area contributed by atoms with E-state index in [9.17, 15) is 9.59 Å². The third-order valence-corrected chi connectivity index (χ3v) is 3.86. The monoisotopic (exact) mass is 293 g/mol. The van der Waals surface area contributed by atoms with Gasteiger partial charge in [-0.1, -0.05) is 30.7 Å². The number of likely N-dealkylation sites (tertiary alicyclic amines) is 1. The minimum absolute atomic E-state index is 0.0559. The molecule has 1 amide bonds. The molecule has 5 heteroatoms. The zero-order chi connectivity index (χ0) is 14.7. The highest BCUT2D eigenvalue weighted by Gasteiger charge is 2.36. The zero-order valence-corrected chi connectivity index (χ0v) is 11.9. The highest BCUT2D eigenvalue weighted by molar-refractivity contribution is 6.30. The lowest BCUT2D eigenvalue weighted by molar-refractivity contribution is -0.148. The Bertz CT molecular complexity index is 533. The maximum atomic E-state index is 11.9. The van der Waals surface area contributed by atoms with Crippen molar-refractivity contribution in [2.24, 2.45) is 11.8 Å². The molecule has 20 heavy (non-hydrogen) atoms. The second-order valence-electron chi connectivity index (χ2n) is 5.02. The summed E-state index contributed by atoms with van der Waals surface area (Å²) in [4.78, 5) is 24.3. The first-order chi connectivity index (χ1) is 9.47. The lowest BCUT2D eigenvalue weighted by Gasteiger charge is -2.40. The van der Waals surface area contributed by atoms with Gasteiger partial charge in [-0.05, 0) is 23.8 Å². The molecule has 0 radical (unpaired) electrons. The number of hydrogen-bond donors (Lipinski definition) is 1. The van der Waals surface area contributed by atoms with Gasteiger partial charge in [-0.2, -0.15) is 0 Å². The molecule has 0 aliphatic carbocycles. The number of amides is 1. The zero-order valence-electron chi connectivity index (χ0n) is 11.1. The Kier molecular flexibility index (Phi) is 4.45. The summed E-state index contributed by atoms with van der Waals surface area (Å²) in [6, 6.07) is 7.19. The molecule has 1 aromatic rings. The average Bonchev–Trinajstić information content (AvgIpc) is 2.36. The quantitative estimate of drug-likeness (QED) is 0.868. The Labute approximate surface area is 122 Å². The van der Waals surface area contributed by atoms with Gasteiger partial charge in [0.25, 0.3) is 0 Å². The van der Waals surface area contributed by atoms with Crippen LogP contribution in [0.1, 0.15) is 12.5 Å². The molecule has 1 fully saturated rings. The van der Waals surface area contributed by atoms with Gasteiger partial charge in [-0.3, -0.25) is 9.59 Å². The van der Waals surface area contributed by atoms with E-state index in [1.54, 1.807) is 30.0 Å². The van der Waals surface area contributed by atoms with Crippen molar-refractivity contribution in [2.45, 2.75) is 6.92 Å². The summed E-state index contributed by atoms with van der Waals surface area (Å²) in [6.45, 7) is 2.70. The normalized spacial score (nSPS) is 17.0. The highest BCUT2D eigenvalue weighted by atomic mass is 35.5. The van der Waals surface area contributed by atoms with E-state index in [0.29, 0.717) is 18.1 Å². The molecule has 1 N–H and O–H groups in total. The predicted octanol–water partition coefficient (Wildman–Crippen LogP) is 2.53.